The van der Waals surface area contributed by atoms with Gasteiger partial charge in [0, 0.05) is 42.3 Å². The number of carbonyl (C=O) groups excluding carboxylic acids is 1. The summed E-state index contributed by atoms with van der Waals surface area (Å²) in [5.41, 5.74) is 7.74. The van der Waals surface area contributed by atoms with Crippen LogP contribution in [-0.4, -0.2) is 36.7 Å². The summed E-state index contributed by atoms with van der Waals surface area (Å²) in [7, 11) is 0. The molecule has 3 aromatic rings. The van der Waals surface area contributed by atoms with Crippen molar-refractivity contribution in [3.8, 4) is 11.1 Å². The number of carbonyl (C=O) groups is 1. The number of ether oxygens (including phenoxy) is 1. The predicted octanol–water partition coefficient (Wildman–Crippen LogP) is 4.45. The Morgan fingerprint density at radius 2 is 2.03 bits per heavy atom. The molecule has 32 heavy (non-hydrogen) atoms. The number of pyridine rings is 1. The highest BCUT2D eigenvalue weighted by molar-refractivity contribution is 5.78. The molecule has 1 saturated heterocycles. The van der Waals surface area contributed by atoms with E-state index < -0.39 is 0 Å². The quantitative estimate of drug-likeness (QED) is 0.629. The maximum Gasteiger partial charge on any atom is 0.226 e. The van der Waals surface area contributed by atoms with Crippen LogP contribution >= 0.6 is 0 Å². The SMILES string of the molecule is Cc1cccc(CNC(=O)Cc2ccc(-c3ccc(N4CCOC[C@@H]4C)cc3C)cn2)c1. The summed E-state index contributed by atoms with van der Waals surface area (Å²) in [4.78, 5) is 19.3. The molecule has 0 aliphatic carbocycles. The number of morpholine rings is 1. The summed E-state index contributed by atoms with van der Waals surface area (Å²) >= 11 is 0. The molecule has 0 bridgehead atoms. The van der Waals surface area contributed by atoms with Crippen molar-refractivity contribution < 1.29 is 9.53 Å². The smallest absolute Gasteiger partial charge is 0.226 e. The molecule has 1 amide bonds. The van der Waals surface area contributed by atoms with Gasteiger partial charge < -0.3 is 15.0 Å². The first-order chi connectivity index (χ1) is 15.5. The molecule has 1 aromatic heterocycles. The highest BCUT2D eigenvalue weighted by Gasteiger charge is 2.19. The van der Waals surface area contributed by atoms with Crippen molar-refractivity contribution in [3.05, 3.63) is 83.2 Å². The van der Waals surface area contributed by atoms with Crippen LogP contribution in [0.2, 0.25) is 0 Å². The number of aryl methyl sites for hydroxylation is 2. The lowest BCUT2D eigenvalue weighted by Gasteiger charge is -2.35. The van der Waals surface area contributed by atoms with Crippen molar-refractivity contribution in [2.75, 3.05) is 24.7 Å². The van der Waals surface area contributed by atoms with E-state index in [2.05, 4.69) is 72.4 Å². The minimum Gasteiger partial charge on any atom is -0.377 e. The number of rotatable bonds is 6. The zero-order valence-corrected chi connectivity index (χ0v) is 19.1. The molecule has 5 heteroatoms. The van der Waals surface area contributed by atoms with E-state index in [4.69, 9.17) is 4.74 Å². The van der Waals surface area contributed by atoms with E-state index in [1.165, 1.54) is 16.8 Å². The summed E-state index contributed by atoms with van der Waals surface area (Å²) in [6.45, 7) is 9.38. The Labute approximate surface area is 190 Å². The first kappa shape index (κ1) is 22.0. The fourth-order valence-corrected chi connectivity index (χ4v) is 4.20. The first-order valence-electron chi connectivity index (χ1n) is 11.2. The van der Waals surface area contributed by atoms with Crippen LogP contribution in [0.3, 0.4) is 0 Å². The number of amides is 1. The fraction of sp³-hybridized carbons (Fsp3) is 0.333. The third kappa shape index (κ3) is 5.35. The average molecular weight is 430 g/mol. The third-order valence-corrected chi connectivity index (χ3v) is 5.96. The van der Waals surface area contributed by atoms with Gasteiger partial charge >= 0.3 is 0 Å². The van der Waals surface area contributed by atoms with Crippen molar-refractivity contribution in [3.63, 3.8) is 0 Å². The van der Waals surface area contributed by atoms with Crippen molar-refractivity contribution >= 4 is 11.6 Å². The monoisotopic (exact) mass is 429 g/mol. The van der Waals surface area contributed by atoms with Crippen LogP contribution in [-0.2, 0) is 22.5 Å². The van der Waals surface area contributed by atoms with Gasteiger partial charge in [0.15, 0.2) is 0 Å². The van der Waals surface area contributed by atoms with Gasteiger partial charge in [0.1, 0.15) is 0 Å². The second-order valence-corrected chi connectivity index (χ2v) is 8.60. The number of nitrogens with zero attached hydrogens (tertiary/aromatic N) is 2. The lowest BCUT2D eigenvalue weighted by molar-refractivity contribution is -0.120. The Balaban J connectivity index is 1.38. The molecule has 166 valence electrons. The van der Waals surface area contributed by atoms with Gasteiger partial charge in [0.25, 0.3) is 0 Å². The number of benzene rings is 2. The van der Waals surface area contributed by atoms with E-state index in [9.17, 15) is 4.79 Å². The summed E-state index contributed by atoms with van der Waals surface area (Å²) in [5, 5.41) is 2.98. The molecular weight excluding hydrogens is 398 g/mol. The number of hydrogen-bond acceptors (Lipinski definition) is 4. The number of nitrogens with one attached hydrogen (secondary N) is 1. The standard InChI is InChI=1S/C27H31N3O2/c1-19-5-4-6-22(13-19)16-29-27(31)15-24-8-7-23(17-28-24)26-10-9-25(14-20(26)2)30-11-12-32-18-21(30)3/h4-10,13-14,17,21H,11-12,15-16,18H2,1-3H3,(H,29,31)/t21-/m0/s1. The Hall–Kier alpha value is -3.18. The Bertz CT molecular complexity index is 1080. The molecule has 1 atom stereocenters. The summed E-state index contributed by atoms with van der Waals surface area (Å²) < 4.78 is 5.56. The van der Waals surface area contributed by atoms with E-state index >= 15 is 0 Å². The predicted molar refractivity (Wildman–Crippen MR) is 129 cm³/mol. The van der Waals surface area contributed by atoms with Gasteiger partial charge in [0.05, 0.1) is 19.6 Å². The summed E-state index contributed by atoms with van der Waals surface area (Å²) in [5.74, 6) is -0.0214. The van der Waals surface area contributed by atoms with Crippen LogP contribution < -0.4 is 10.2 Å². The van der Waals surface area contributed by atoms with Crippen LogP contribution in [0.5, 0.6) is 0 Å². The zero-order valence-electron chi connectivity index (χ0n) is 19.1. The van der Waals surface area contributed by atoms with E-state index in [0.717, 1.165) is 42.1 Å². The fourth-order valence-electron chi connectivity index (χ4n) is 4.20. The van der Waals surface area contributed by atoms with Gasteiger partial charge in [-0.3, -0.25) is 9.78 Å². The van der Waals surface area contributed by atoms with Gasteiger partial charge in [-0.2, -0.15) is 0 Å². The van der Waals surface area contributed by atoms with Gasteiger partial charge in [-0.25, -0.2) is 0 Å². The van der Waals surface area contributed by atoms with Gasteiger partial charge in [-0.15, -0.1) is 0 Å². The summed E-state index contributed by atoms with van der Waals surface area (Å²) in [6.07, 6.45) is 2.14. The molecular formula is C27H31N3O2. The normalized spacial score (nSPS) is 16.1. The van der Waals surface area contributed by atoms with Crippen LogP contribution in [0, 0.1) is 13.8 Å². The molecule has 5 nitrogen and oxygen atoms in total. The van der Waals surface area contributed by atoms with Crippen molar-refractivity contribution in [2.24, 2.45) is 0 Å². The first-order valence-corrected chi connectivity index (χ1v) is 11.2. The zero-order chi connectivity index (χ0) is 22.5. The third-order valence-electron chi connectivity index (χ3n) is 5.96. The molecule has 1 N–H and O–H groups in total. The molecule has 1 aliphatic rings. The second-order valence-electron chi connectivity index (χ2n) is 8.60. The number of aromatic nitrogens is 1. The van der Waals surface area contributed by atoms with E-state index in [-0.39, 0.29) is 12.3 Å². The van der Waals surface area contributed by atoms with Crippen molar-refractivity contribution in [1.29, 1.82) is 0 Å². The molecule has 2 heterocycles. The van der Waals surface area contributed by atoms with Crippen LogP contribution in [0.1, 0.15) is 29.3 Å². The lowest BCUT2D eigenvalue weighted by atomic mass is 10.00. The maximum atomic E-state index is 12.3. The Morgan fingerprint density at radius 3 is 2.75 bits per heavy atom. The average Bonchev–Trinajstić information content (AvgIpc) is 2.79. The van der Waals surface area contributed by atoms with E-state index in [1.807, 2.05) is 24.4 Å². The molecule has 4 rings (SSSR count). The molecule has 2 aromatic carbocycles. The molecule has 0 spiro atoms. The van der Waals surface area contributed by atoms with Gasteiger partial charge in [-0.05, 0) is 55.7 Å². The van der Waals surface area contributed by atoms with E-state index in [1.54, 1.807) is 0 Å². The van der Waals surface area contributed by atoms with E-state index in [0.29, 0.717) is 12.6 Å². The molecule has 1 fully saturated rings. The Kier molecular flexibility index (Phi) is 6.86. The largest absolute Gasteiger partial charge is 0.377 e. The molecule has 0 radical (unpaired) electrons. The minimum atomic E-state index is -0.0214. The van der Waals surface area contributed by atoms with Crippen LogP contribution in [0.15, 0.2) is 60.8 Å². The second kappa shape index (κ2) is 9.96. The van der Waals surface area contributed by atoms with Crippen molar-refractivity contribution in [2.45, 2.75) is 39.8 Å². The number of anilines is 1. The van der Waals surface area contributed by atoms with Crippen LogP contribution in [0.25, 0.3) is 11.1 Å². The van der Waals surface area contributed by atoms with Gasteiger partial charge in [-0.1, -0.05) is 42.0 Å². The maximum absolute atomic E-state index is 12.3. The lowest BCUT2D eigenvalue weighted by Crippen LogP contribution is -2.43. The van der Waals surface area contributed by atoms with Crippen LogP contribution in [0.4, 0.5) is 5.69 Å². The highest BCUT2D eigenvalue weighted by Crippen LogP contribution is 2.28. The topological polar surface area (TPSA) is 54.5 Å². The Morgan fingerprint density at radius 1 is 1.16 bits per heavy atom. The highest BCUT2D eigenvalue weighted by atomic mass is 16.5. The number of hydrogen-bond donors (Lipinski definition) is 1. The molecule has 0 saturated carbocycles. The molecule has 0 unspecified atom stereocenters. The minimum absolute atomic E-state index is 0.0214. The van der Waals surface area contributed by atoms with Gasteiger partial charge in [0.2, 0.25) is 5.91 Å². The van der Waals surface area contributed by atoms with Crippen molar-refractivity contribution in [1.82, 2.24) is 10.3 Å². The summed E-state index contributed by atoms with van der Waals surface area (Å²) in [6, 6.07) is 19.1. The molecule has 1 aliphatic heterocycles.